The van der Waals surface area contributed by atoms with E-state index in [1.807, 2.05) is 0 Å². The molecule has 0 amide bonds. The highest BCUT2D eigenvalue weighted by atomic mass is 15.2. The van der Waals surface area contributed by atoms with Crippen molar-refractivity contribution in [2.24, 2.45) is 17.2 Å². The van der Waals surface area contributed by atoms with Crippen molar-refractivity contribution >= 4 is 0 Å². The minimum absolute atomic E-state index is 0.494. The van der Waals surface area contributed by atoms with Gasteiger partial charge in [0.2, 0.25) is 0 Å². The van der Waals surface area contributed by atoms with E-state index in [1.165, 1.54) is 44.9 Å². The average Bonchev–Trinajstić information content (AvgIpc) is 2.90. The molecule has 0 aliphatic heterocycles. The molecule has 0 spiro atoms. The number of rotatable bonds is 3. The van der Waals surface area contributed by atoms with E-state index >= 15 is 0 Å². The highest BCUT2D eigenvalue weighted by molar-refractivity contribution is 4.97. The zero-order chi connectivity index (χ0) is 9.31. The molecule has 0 aromatic rings. The van der Waals surface area contributed by atoms with Crippen molar-refractivity contribution in [3.8, 4) is 0 Å². The smallest absolute Gasteiger partial charge is 0.0292 e. The Hall–Kier alpha value is -0.0800. The zero-order valence-corrected chi connectivity index (χ0v) is 8.68. The van der Waals surface area contributed by atoms with Crippen molar-refractivity contribution in [1.29, 1.82) is 0 Å². The van der Waals surface area contributed by atoms with Crippen LogP contribution in [0.1, 0.15) is 51.9 Å². The molecule has 0 saturated heterocycles. The predicted octanol–water partition coefficient (Wildman–Crippen LogP) is 2.20. The third-order valence-electron chi connectivity index (χ3n) is 4.02. The predicted molar refractivity (Wildman–Crippen MR) is 55.0 cm³/mol. The van der Waals surface area contributed by atoms with Crippen molar-refractivity contribution in [1.82, 2.24) is 5.43 Å². The van der Waals surface area contributed by atoms with Gasteiger partial charge in [-0.3, -0.25) is 11.3 Å². The topological polar surface area (TPSA) is 38.0 Å². The molecule has 2 rings (SSSR count). The Morgan fingerprint density at radius 2 is 1.85 bits per heavy atom. The Balaban J connectivity index is 2.00. The van der Waals surface area contributed by atoms with Crippen LogP contribution in [0, 0.1) is 11.3 Å². The van der Waals surface area contributed by atoms with Crippen LogP contribution in [0.25, 0.3) is 0 Å². The van der Waals surface area contributed by atoms with Crippen molar-refractivity contribution in [2.75, 3.05) is 0 Å². The molecule has 76 valence electrons. The van der Waals surface area contributed by atoms with Gasteiger partial charge in [-0.25, -0.2) is 0 Å². The quantitative estimate of drug-likeness (QED) is 0.518. The van der Waals surface area contributed by atoms with E-state index in [2.05, 4.69) is 12.3 Å². The lowest BCUT2D eigenvalue weighted by Gasteiger charge is -2.40. The van der Waals surface area contributed by atoms with Crippen LogP contribution in [0.4, 0.5) is 0 Å². The molecular formula is C11H22N2. The molecular weight excluding hydrogens is 160 g/mol. The van der Waals surface area contributed by atoms with Gasteiger partial charge in [-0.1, -0.05) is 26.2 Å². The Morgan fingerprint density at radius 3 is 2.31 bits per heavy atom. The van der Waals surface area contributed by atoms with Crippen molar-refractivity contribution in [3.63, 3.8) is 0 Å². The Kier molecular flexibility index (Phi) is 2.61. The van der Waals surface area contributed by atoms with Crippen molar-refractivity contribution in [2.45, 2.75) is 57.9 Å². The molecule has 2 nitrogen and oxygen atoms in total. The first-order valence-corrected chi connectivity index (χ1v) is 5.72. The summed E-state index contributed by atoms with van der Waals surface area (Å²) in [6, 6.07) is 0.591. The van der Waals surface area contributed by atoms with Crippen LogP contribution in [-0.2, 0) is 0 Å². The lowest BCUT2D eigenvalue weighted by Crippen LogP contribution is -2.49. The summed E-state index contributed by atoms with van der Waals surface area (Å²) in [6.07, 6.45) is 9.77. The summed E-state index contributed by atoms with van der Waals surface area (Å²) in [5.41, 5.74) is 3.57. The van der Waals surface area contributed by atoms with Crippen molar-refractivity contribution < 1.29 is 0 Å². The molecule has 2 aliphatic carbocycles. The van der Waals surface area contributed by atoms with Gasteiger partial charge >= 0.3 is 0 Å². The number of hydrogen-bond acceptors (Lipinski definition) is 2. The molecule has 2 saturated carbocycles. The SMILES string of the molecule is CC1(C(NN)C2CC2)CCCCC1. The molecule has 1 unspecified atom stereocenters. The van der Waals surface area contributed by atoms with Crippen LogP contribution >= 0.6 is 0 Å². The summed E-state index contributed by atoms with van der Waals surface area (Å²) in [5.74, 6) is 6.56. The van der Waals surface area contributed by atoms with Gasteiger partial charge < -0.3 is 0 Å². The second-order valence-corrected chi connectivity index (χ2v) is 5.20. The van der Waals surface area contributed by atoms with Gasteiger partial charge in [0.25, 0.3) is 0 Å². The standard InChI is InChI=1S/C11H22N2/c1-11(7-3-2-4-8-11)10(13-12)9-5-6-9/h9-10,13H,2-8,12H2,1H3. The lowest BCUT2D eigenvalue weighted by atomic mass is 9.69. The second kappa shape index (κ2) is 3.58. The van der Waals surface area contributed by atoms with Gasteiger partial charge in [0, 0.05) is 6.04 Å². The third kappa shape index (κ3) is 1.89. The molecule has 0 bridgehead atoms. The fraction of sp³-hybridized carbons (Fsp3) is 1.00. The van der Waals surface area contributed by atoms with Crippen LogP contribution in [0.15, 0.2) is 0 Å². The number of nitrogens with one attached hydrogen (secondary N) is 1. The summed E-state index contributed by atoms with van der Waals surface area (Å²) in [5, 5.41) is 0. The molecule has 2 heteroatoms. The minimum Gasteiger partial charge on any atom is -0.271 e. The molecule has 1 atom stereocenters. The summed E-state index contributed by atoms with van der Waals surface area (Å²) >= 11 is 0. The molecule has 0 radical (unpaired) electrons. The normalized spacial score (nSPS) is 30.0. The first kappa shape index (κ1) is 9.47. The first-order valence-electron chi connectivity index (χ1n) is 5.72. The van der Waals surface area contributed by atoms with Gasteiger partial charge in [0.15, 0.2) is 0 Å². The van der Waals surface area contributed by atoms with Gasteiger partial charge in [0.05, 0.1) is 0 Å². The fourth-order valence-electron chi connectivity index (χ4n) is 3.01. The number of nitrogens with two attached hydrogens (primary N) is 1. The summed E-state index contributed by atoms with van der Waals surface area (Å²) in [7, 11) is 0. The molecule has 13 heavy (non-hydrogen) atoms. The first-order chi connectivity index (χ1) is 6.26. The van der Waals surface area contributed by atoms with Crippen LogP contribution in [0.5, 0.6) is 0 Å². The molecule has 0 aromatic carbocycles. The van der Waals surface area contributed by atoms with E-state index < -0.39 is 0 Å². The fourth-order valence-corrected chi connectivity index (χ4v) is 3.01. The van der Waals surface area contributed by atoms with Gasteiger partial charge in [-0.15, -0.1) is 0 Å². The molecule has 0 heterocycles. The van der Waals surface area contributed by atoms with Gasteiger partial charge in [-0.2, -0.15) is 0 Å². The maximum Gasteiger partial charge on any atom is 0.0292 e. The number of hydrazine groups is 1. The average molecular weight is 182 g/mol. The van der Waals surface area contributed by atoms with E-state index in [-0.39, 0.29) is 0 Å². The van der Waals surface area contributed by atoms with E-state index in [1.54, 1.807) is 0 Å². The second-order valence-electron chi connectivity index (χ2n) is 5.20. The van der Waals surface area contributed by atoms with Crippen LogP contribution in [-0.4, -0.2) is 6.04 Å². The molecule has 2 fully saturated rings. The minimum atomic E-state index is 0.494. The highest BCUT2D eigenvalue weighted by Gasteiger charge is 2.43. The van der Waals surface area contributed by atoms with Crippen LogP contribution in [0.3, 0.4) is 0 Å². The Bertz CT molecular complexity index is 169. The third-order valence-corrected chi connectivity index (χ3v) is 4.02. The summed E-state index contributed by atoms with van der Waals surface area (Å²) in [4.78, 5) is 0. The Labute approximate surface area is 81.2 Å². The van der Waals surface area contributed by atoms with Gasteiger partial charge in [0.1, 0.15) is 0 Å². The van der Waals surface area contributed by atoms with E-state index in [9.17, 15) is 0 Å². The van der Waals surface area contributed by atoms with E-state index in [0.717, 1.165) is 5.92 Å². The summed E-state index contributed by atoms with van der Waals surface area (Å²) in [6.45, 7) is 2.43. The molecule has 0 aromatic heterocycles. The van der Waals surface area contributed by atoms with Gasteiger partial charge in [-0.05, 0) is 37.0 Å². The van der Waals surface area contributed by atoms with Crippen LogP contribution in [0.2, 0.25) is 0 Å². The summed E-state index contributed by atoms with van der Waals surface area (Å²) < 4.78 is 0. The maximum atomic E-state index is 5.68. The highest BCUT2D eigenvalue weighted by Crippen LogP contribution is 2.47. The largest absolute Gasteiger partial charge is 0.271 e. The number of hydrogen-bond donors (Lipinski definition) is 2. The van der Waals surface area contributed by atoms with E-state index in [0.29, 0.717) is 11.5 Å². The zero-order valence-electron chi connectivity index (χ0n) is 8.68. The Morgan fingerprint density at radius 1 is 1.23 bits per heavy atom. The molecule has 2 aliphatic rings. The van der Waals surface area contributed by atoms with E-state index in [4.69, 9.17) is 5.84 Å². The maximum absolute atomic E-state index is 5.68. The molecule has 3 N–H and O–H groups in total. The monoisotopic (exact) mass is 182 g/mol. The lowest BCUT2D eigenvalue weighted by molar-refractivity contribution is 0.130. The van der Waals surface area contributed by atoms with Crippen molar-refractivity contribution in [3.05, 3.63) is 0 Å². The van der Waals surface area contributed by atoms with Crippen LogP contribution < -0.4 is 11.3 Å².